The fourth-order valence-corrected chi connectivity index (χ4v) is 2.17. The highest BCUT2D eigenvalue weighted by Crippen LogP contribution is 2.06. The van der Waals surface area contributed by atoms with Gasteiger partial charge in [0.25, 0.3) is 0 Å². The lowest BCUT2D eigenvalue weighted by Gasteiger charge is -2.04. The average molecular weight is 271 g/mol. The molecule has 0 aliphatic heterocycles. The molecule has 1 N–H and O–H groups in total. The van der Waals surface area contributed by atoms with E-state index < -0.39 is 0 Å². The first-order valence-electron chi connectivity index (χ1n) is 6.64. The standard InChI is InChI=1S/C13H17N7/c1-10-15-13(19(2)18-10)14-8-5-7-12-17-16-11-6-3-4-9-20(11)12/h3-4,6,9H,5,7-8H2,1-2H3,(H,14,15,18). The summed E-state index contributed by atoms with van der Waals surface area (Å²) in [6, 6.07) is 5.91. The van der Waals surface area contributed by atoms with Gasteiger partial charge in [0.1, 0.15) is 11.6 Å². The summed E-state index contributed by atoms with van der Waals surface area (Å²) in [5.74, 6) is 2.56. The van der Waals surface area contributed by atoms with Crippen molar-refractivity contribution in [2.75, 3.05) is 11.9 Å². The van der Waals surface area contributed by atoms with Crippen molar-refractivity contribution in [1.82, 2.24) is 29.4 Å². The van der Waals surface area contributed by atoms with Crippen molar-refractivity contribution >= 4 is 11.6 Å². The van der Waals surface area contributed by atoms with Crippen LogP contribution in [0.15, 0.2) is 24.4 Å². The van der Waals surface area contributed by atoms with Crippen LogP contribution in [0.3, 0.4) is 0 Å². The van der Waals surface area contributed by atoms with E-state index in [0.29, 0.717) is 0 Å². The first-order valence-corrected chi connectivity index (χ1v) is 6.64. The third-order valence-corrected chi connectivity index (χ3v) is 3.11. The first-order chi connectivity index (χ1) is 9.74. The average Bonchev–Trinajstić information content (AvgIpc) is 2.99. The summed E-state index contributed by atoms with van der Waals surface area (Å²) >= 11 is 0. The summed E-state index contributed by atoms with van der Waals surface area (Å²) in [5.41, 5.74) is 0.888. The Balaban J connectivity index is 1.56. The zero-order valence-corrected chi connectivity index (χ0v) is 11.6. The second-order valence-corrected chi connectivity index (χ2v) is 4.68. The van der Waals surface area contributed by atoms with Crippen molar-refractivity contribution in [3.63, 3.8) is 0 Å². The van der Waals surface area contributed by atoms with Crippen molar-refractivity contribution in [2.45, 2.75) is 19.8 Å². The maximum atomic E-state index is 4.30. The van der Waals surface area contributed by atoms with Crippen LogP contribution in [-0.2, 0) is 13.5 Å². The van der Waals surface area contributed by atoms with Gasteiger partial charge in [0, 0.05) is 26.2 Å². The van der Waals surface area contributed by atoms with Gasteiger partial charge >= 0.3 is 0 Å². The van der Waals surface area contributed by atoms with Crippen LogP contribution in [0.4, 0.5) is 5.95 Å². The number of hydrogen-bond donors (Lipinski definition) is 1. The molecular weight excluding hydrogens is 254 g/mol. The van der Waals surface area contributed by atoms with E-state index in [0.717, 1.165) is 42.6 Å². The predicted molar refractivity (Wildman–Crippen MR) is 75.5 cm³/mol. The van der Waals surface area contributed by atoms with Crippen molar-refractivity contribution in [1.29, 1.82) is 0 Å². The number of anilines is 1. The molecule has 0 saturated heterocycles. The Morgan fingerprint density at radius 2 is 2.15 bits per heavy atom. The molecule has 0 aliphatic rings. The maximum Gasteiger partial charge on any atom is 0.221 e. The van der Waals surface area contributed by atoms with Crippen molar-refractivity contribution < 1.29 is 0 Å². The molecule has 0 fully saturated rings. The molecule has 0 aliphatic carbocycles. The number of pyridine rings is 1. The van der Waals surface area contributed by atoms with Gasteiger partial charge in [0.15, 0.2) is 5.65 Å². The Bertz CT molecular complexity index is 712. The third-order valence-electron chi connectivity index (χ3n) is 3.11. The van der Waals surface area contributed by atoms with Crippen LogP contribution in [0.5, 0.6) is 0 Å². The molecule has 7 nitrogen and oxygen atoms in total. The number of aromatic nitrogens is 6. The molecule has 3 rings (SSSR count). The third kappa shape index (κ3) is 2.47. The van der Waals surface area contributed by atoms with Gasteiger partial charge < -0.3 is 5.32 Å². The Hall–Kier alpha value is -2.44. The van der Waals surface area contributed by atoms with Gasteiger partial charge in [-0.1, -0.05) is 6.07 Å². The molecule has 104 valence electrons. The lowest BCUT2D eigenvalue weighted by molar-refractivity contribution is 0.742. The van der Waals surface area contributed by atoms with Gasteiger partial charge in [-0.2, -0.15) is 10.1 Å². The molecule has 7 heteroatoms. The Kier molecular flexibility index (Phi) is 3.32. The highest BCUT2D eigenvalue weighted by atomic mass is 15.4. The zero-order valence-electron chi connectivity index (χ0n) is 11.6. The SMILES string of the molecule is Cc1nc(NCCCc2nnc3ccccn23)n(C)n1. The molecule has 0 amide bonds. The first kappa shape index (κ1) is 12.6. The molecule has 3 aromatic heterocycles. The molecule has 0 spiro atoms. The van der Waals surface area contributed by atoms with Gasteiger partial charge in [0.2, 0.25) is 5.95 Å². The fourth-order valence-electron chi connectivity index (χ4n) is 2.17. The quantitative estimate of drug-likeness (QED) is 0.706. The molecule has 0 saturated carbocycles. The van der Waals surface area contributed by atoms with Crippen molar-refractivity contribution in [3.05, 3.63) is 36.0 Å². The minimum atomic E-state index is 0.776. The second kappa shape index (κ2) is 5.28. The molecule has 0 aromatic carbocycles. The lowest BCUT2D eigenvalue weighted by atomic mass is 10.3. The Labute approximate surface area is 116 Å². The smallest absolute Gasteiger partial charge is 0.221 e. The molecule has 3 aromatic rings. The normalized spacial score (nSPS) is 11.1. The van der Waals surface area contributed by atoms with Crippen LogP contribution in [0, 0.1) is 6.92 Å². The van der Waals surface area contributed by atoms with Gasteiger partial charge in [-0.05, 0) is 25.5 Å². The number of nitrogens with zero attached hydrogens (tertiary/aromatic N) is 6. The van der Waals surface area contributed by atoms with Gasteiger partial charge in [-0.15, -0.1) is 10.2 Å². The zero-order chi connectivity index (χ0) is 13.9. The molecule has 0 unspecified atom stereocenters. The molecule has 3 heterocycles. The number of aryl methyl sites for hydroxylation is 3. The number of hydrogen-bond acceptors (Lipinski definition) is 5. The molecule has 0 radical (unpaired) electrons. The summed E-state index contributed by atoms with van der Waals surface area (Å²) in [6.07, 6.45) is 3.82. The van der Waals surface area contributed by atoms with Gasteiger partial charge in [-0.25, -0.2) is 4.68 Å². The van der Waals surface area contributed by atoms with Crippen LogP contribution < -0.4 is 5.32 Å². The van der Waals surface area contributed by atoms with Crippen LogP contribution in [0.25, 0.3) is 5.65 Å². The number of fused-ring (bicyclic) bond motifs is 1. The topological polar surface area (TPSA) is 72.9 Å². The maximum absolute atomic E-state index is 4.30. The number of nitrogens with one attached hydrogen (secondary N) is 1. The van der Waals surface area contributed by atoms with Crippen LogP contribution >= 0.6 is 0 Å². The minimum Gasteiger partial charge on any atom is -0.354 e. The minimum absolute atomic E-state index is 0.776. The molecule has 0 atom stereocenters. The highest BCUT2D eigenvalue weighted by molar-refractivity contribution is 5.37. The summed E-state index contributed by atoms with van der Waals surface area (Å²) in [6.45, 7) is 2.71. The van der Waals surface area contributed by atoms with Crippen LogP contribution in [0.2, 0.25) is 0 Å². The summed E-state index contributed by atoms with van der Waals surface area (Å²) in [4.78, 5) is 4.30. The van der Waals surface area contributed by atoms with E-state index in [4.69, 9.17) is 0 Å². The largest absolute Gasteiger partial charge is 0.354 e. The van der Waals surface area contributed by atoms with E-state index in [9.17, 15) is 0 Å². The Morgan fingerprint density at radius 1 is 1.25 bits per heavy atom. The molecular formula is C13H17N7. The van der Waals surface area contributed by atoms with E-state index in [1.54, 1.807) is 4.68 Å². The highest BCUT2D eigenvalue weighted by Gasteiger charge is 2.05. The van der Waals surface area contributed by atoms with Crippen molar-refractivity contribution in [2.24, 2.45) is 7.05 Å². The van der Waals surface area contributed by atoms with E-state index >= 15 is 0 Å². The molecule has 20 heavy (non-hydrogen) atoms. The van der Waals surface area contributed by atoms with E-state index in [2.05, 4.69) is 25.6 Å². The van der Waals surface area contributed by atoms with Crippen molar-refractivity contribution in [3.8, 4) is 0 Å². The predicted octanol–water partition coefficient (Wildman–Crippen LogP) is 1.21. The fraction of sp³-hybridized carbons (Fsp3) is 0.385. The van der Waals surface area contributed by atoms with Crippen LogP contribution in [-0.4, -0.2) is 35.9 Å². The number of rotatable bonds is 5. The second-order valence-electron chi connectivity index (χ2n) is 4.68. The molecule has 0 bridgehead atoms. The summed E-state index contributed by atoms with van der Waals surface area (Å²) in [7, 11) is 1.88. The van der Waals surface area contributed by atoms with E-state index in [1.165, 1.54) is 0 Å². The summed E-state index contributed by atoms with van der Waals surface area (Å²) in [5, 5.41) is 15.8. The monoisotopic (exact) mass is 271 g/mol. The van der Waals surface area contributed by atoms with E-state index in [1.807, 2.05) is 42.8 Å². The van der Waals surface area contributed by atoms with Gasteiger partial charge in [-0.3, -0.25) is 4.40 Å². The Morgan fingerprint density at radius 3 is 2.95 bits per heavy atom. The summed E-state index contributed by atoms with van der Waals surface area (Å²) < 4.78 is 3.77. The van der Waals surface area contributed by atoms with Gasteiger partial charge in [0.05, 0.1) is 0 Å². The lowest BCUT2D eigenvalue weighted by Crippen LogP contribution is -2.09. The van der Waals surface area contributed by atoms with E-state index in [-0.39, 0.29) is 0 Å². The van der Waals surface area contributed by atoms with Crippen LogP contribution in [0.1, 0.15) is 18.1 Å².